The summed E-state index contributed by atoms with van der Waals surface area (Å²) in [6, 6.07) is 9.25. The zero-order chi connectivity index (χ0) is 14.7. The van der Waals surface area contributed by atoms with Crippen LogP contribution in [0, 0.1) is 12.7 Å². The van der Waals surface area contributed by atoms with Gasteiger partial charge in [-0.25, -0.2) is 4.39 Å². The number of carbonyl (C=O) groups is 1. The van der Waals surface area contributed by atoms with Crippen LogP contribution in [0.1, 0.15) is 15.9 Å². The second kappa shape index (κ2) is 5.61. The molecule has 0 unspecified atom stereocenters. The first-order valence-corrected chi connectivity index (χ1v) is 6.02. The van der Waals surface area contributed by atoms with E-state index >= 15 is 0 Å². The molecule has 0 bridgehead atoms. The van der Waals surface area contributed by atoms with Crippen LogP contribution in [0.5, 0.6) is 5.75 Å². The number of ether oxygens (including phenoxy) is 1. The first-order valence-electron chi connectivity index (χ1n) is 6.02. The molecule has 0 saturated heterocycles. The second-order valence-electron chi connectivity index (χ2n) is 4.39. The number of hydrogen-bond donors (Lipinski definition) is 2. The molecule has 2 aromatic rings. The molecule has 0 saturated carbocycles. The third kappa shape index (κ3) is 2.88. The number of halogens is 1. The van der Waals surface area contributed by atoms with E-state index in [9.17, 15) is 9.18 Å². The molecule has 0 fully saturated rings. The van der Waals surface area contributed by atoms with Gasteiger partial charge in [0.05, 0.1) is 18.5 Å². The van der Waals surface area contributed by atoms with Gasteiger partial charge in [0.1, 0.15) is 11.6 Å². The van der Waals surface area contributed by atoms with Gasteiger partial charge in [-0.2, -0.15) is 0 Å². The summed E-state index contributed by atoms with van der Waals surface area (Å²) in [5, 5.41) is 2.51. The smallest absolute Gasteiger partial charge is 0.255 e. The Hall–Kier alpha value is -2.56. The molecule has 3 N–H and O–H groups in total. The Morgan fingerprint density at radius 2 is 2.00 bits per heavy atom. The molecule has 0 atom stereocenters. The lowest BCUT2D eigenvalue weighted by molar-refractivity contribution is 0.102. The highest BCUT2D eigenvalue weighted by Gasteiger charge is 2.11. The van der Waals surface area contributed by atoms with Crippen LogP contribution in [0.25, 0.3) is 0 Å². The Kier molecular flexibility index (Phi) is 3.89. The summed E-state index contributed by atoms with van der Waals surface area (Å²) in [4.78, 5) is 12.0. The fourth-order valence-corrected chi connectivity index (χ4v) is 1.79. The van der Waals surface area contributed by atoms with Gasteiger partial charge in [0.2, 0.25) is 0 Å². The molecule has 0 aliphatic carbocycles. The van der Waals surface area contributed by atoms with Crippen molar-refractivity contribution in [1.82, 2.24) is 0 Å². The molecule has 2 aromatic carbocycles. The summed E-state index contributed by atoms with van der Waals surface area (Å²) in [5.41, 5.74) is 7.34. The first-order chi connectivity index (χ1) is 9.51. The highest BCUT2D eigenvalue weighted by molar-refractivity contribution is 6.05. The number of aryl methyl sites for hydroxylation is 1. The number of methoxy groups -OCH3 is 1. The van der Waals surface area contributed by atoms with E-state index in [2.05, 4.69) is 5.32 Å². The van der Waals surface area contributed by atoms with E-state index in [1.54, 1.807) is 25.1 Å². The Morgan fingerprint density at radius 1 is 1.25 bits per heavy atom. The van der Waals surface area contributed by atoms with Crippen LogP contribution in [0.4, 0.5) is 15.8 Å². The third-order valence-electron chi connectivity index (χ3n) is 2.86. The lowest BCUT2D eigenvalue weighted by Crippen LogP contribution is -2.13. The minimum absolute atomic E-state index is 0.134. The van der Waals surface area contributed by atoms with Gasteiger partial charge in [-0.05, 0) is 42.8 Å². The Bertz CT molecular complexity index is 656. The van der Waals surface area contributed by atoms with E-state index in [-0.39, 0.29) is 5.69 Å². The van der Waals surface area contributed by atoms with Crippen LogP contribution in [-0.2, 0) is 0 Å². The highest BCUT2D eigenvalue weighted by Crippen LogP contribution is 2.23. The molecule has 104 valence electrons. The van der Waals surface area contributed by atoms with Crippen molar-refractivity contribution in [1.29, 1.82) is 0 Å². The van der Waals surface area contributed by atoms with Crippen LogP contribution >= 0.6 is 0 Å². The summed E-state index contributed by atoms with van der Waals surface area (Å²) in [6.45, 7) is 1.78. The number of amides is 1. The van der Waals surface area contributed by atoms with Gasteiger partial charge in [0.15, 0.2) is 0 Å². The molecular weight excluding hydrogens is 259 g/mol. The second-order valence-corrected chi connectivity index (χ2v) is 4.39. The van der Waals surface area contributed by atoms with Gasteiger partial charge >= 0.3 is 0 Å². The zero-order valence-corrected chi connectivity index (χ0v) is 11.2. The lowest BCUT2D eigenvalue weighted by Gasteiger charge is -2.09. The number of hydrogen-bond acceptors (Lipinski definition) is 3. The van der Waals surface area contributed by atoms with E-state index in [0.717, 1.165) is 5.56 Å². The number of benzene rings is 2. The molecule has 0 spiro atoms. The molecule has 2 rings (SSSR count). The fourth-order valence-electron chi connectivity index (χ4n) is 1.79. The maximum atomic E-state index is 13.7. The molecule has 0 heterocycles. The van der Waals surface area contributed by atoms with Crippen LogP contribution in [0.3, 0.4) is 0 Å². The van der Waals surface area contributed by atoms with Gasteiger partial charge in [-0.1, -0.05) is 6.07 Å². The van der Waals surface area contributed by atoms with E-state index in [4.69, 9.17) is 10.5 Å². The van der Waals surface area contributed by atoms with Crippen molar-refractivity contribution in [3.63, 3.8) is 0 Å². The van der Waals surface area contributed by atoms with Crippen LogP contribution in [0.15, 0.2) is 36.4 Å². The van der Waals surface area contributed by atoms with Crippen molar-refractivity contribution in [3.05, 3.63) is 53.3 Å². The van der Waals surface area contributed by atoms with E-state index in [0.29, 0.717) is 17.0 Å². The van der Waals surface area contributed by atoms with Crippen LogP contribution in [-0.4, -0.2) is 13.0 Å². The Labute approximate surface area is 116 Å². The topological polar surface area (TPSA) is 64.3 Å². The number of anilines is 2. The third-order valence-corrected chi connectivity index (χ3v) is 2.86. The van der Waals surface area contributed by atoms with Crippen molar-refractivity contribution < 1.29 is 13.9 Å². The van der Waals surface area contributed by atoms with E-state index in [1.807, 2.05) is 0 Å². The van der Waals surface area contributed by atoms with Gasteiger partial charge < -0.3 is 15.8 Å². The summed E-state index contributed by atoms with van der Waals surface area (Å²) in [5.74, 6) is -0.412. The predicted octanol–water partition coefficient (Wildman–Crippen LogP) is 2.98. The summed E-state index contributed by atoms with van der Waals surface area (Å²) >= 11 is 0. The maximum absolute atomic E-state index is 13.7. The number of nitrogens with one attached hydrogen (secondary N) is 1. The largest absolute Gasteiger partial charge is 0.495 e. The molecule has 5 heteroatoms. The number of nitrogens with two attached hydrogens (primary N) is 1. The van der Waals surface area contributed by atoms with Gasteiger partial charge in [-0.15, -0.1) is 0 Å². The molecule has 0 aliphatic heterocycles. The van der Waals surface area contributed by atoms with Crippen LogP contribution < -0.4 is 15.8 Å². The SMILES string of the molecule is COc1ccc(C(=O)Nc2ccc(C)cc2F)cc1N. The van der Waals surface area contributed by atoms with Crippen molar-refractivity contribution in [3.8, 4) is 5.75 Å². The number of carbonyl (C=O) groups excluding carboxylic acids is 1. The maximum Gasteiger partial charge on any atom is 0.255 e. The predicted molar refractivity (Wildman–Crippen MR) is 76.5 cm³/mol. The molecule has 20 heavy (non-hydrogen) atoms. The quantitative estimate of drug-likeness (QED) is 0.846. The zero-order valence-electron chi connectivity index (χ0n) is 11.2. The molecule has 0 aromatic heterocycles. The lowest BCUT2D eigenvalue weighted by atomic mass is 10.1. The Morgan fingerprint density at radius 3 is 2.60 bits per heavy atom. The minimum Gasteiger partial charge on any atom is -0.495 e. The summed E-state index contributed by atoms with van der Waals surface area (Å²) in [7, 11) is 1.49. The fraction of sp³-hybridized carbons (Fsp3) is 0.133. The Balaban J connectivity index is 2.21. The summed E-state index contributed by atoms with van der Waals surface area (Å²) in [6.07, 6.45) is 0. The molecular formula is C15H15FN2O2. The number of nitrogen functional groups attached to an aromatic ring is 1. The van der Waals surface area contributed by atoms with Crippen molar-refractivity contribution >= 4 is 17.3 Å². The average Bonchev–Trinajstić information content (AvgIpc) is 2.41. The standard InChI is InChI=1S/C15H15FN2O2/c1-9-3-5-13(11(16)7-9)18-15(19)10-4-6-14(20-2)12(17)8-10/h3-8H,17H2,1-2H3,(H,18,19). The average molecular weight is 274 g/mol. The number of rotatable bonds is 3. The highest BCUT2D eigenvalue weighted by atomic mass is 19.1. The first kappa shape index (κ1) is 13.9. The van der Waals surface area contributed by atoms with Gasteiger partial charge in [-0.3, -0.25) is 4.79 Å². The molecule has 1 amide bonds. The van der Waals surface area contributed by atoms with E-state index < -0.39 is 11.7 Å². The van der Waals surface area contributed by atoms with Crippen molar-refractivity contribution in [2.24, 2.45) is 0 Å². The van der Waals surface area contributed by atoms with Gasteiger partial charge in [0.25, 0.3) is 5.91 Å². The molecule has 4 nitrogen and oxygen atoms in total. The van der Waals surface area contributed by atoms with Crippen molar-refractivity contribution in [2.45, 2.75) is 6.92 Å². The van der Waals surface area contributed by atoms with E-state index in [1.165, 1.54) is 25.3 Å². The monoisotopic (exact) mass is 274 g/mol. The normalized spacial score (nSPS) is 10.2. The molecule has 0 aliphatic rings. The van der Waals surface area contributed by atoms with Crippen LogP contribution in [0.2, 0.25) is 0 Å². The minimum atomic E-state index is -0.472. The summed E-state index contributed by atoms with van der Waals surface area (Å²) < 4.78 is 18.7. The van der Waals surface area contributed by atoms with Crippen molar-refractivity contribution in [2.75, 3.05) is 18.2 Å². The van der Waals surface area contributed by atoms with Gasteiger partial charge in [0, 0.05) is 5.56 Å². The molecule has 0 radical (unpaired) electrons.